The summed E-state index contributed by atoms with van der Waals surface area (Å²) in [6.07, 6.45) is 27.2. The topological polar surface area (TPSA) is 15.3 Å². The second kappa shape index (κ2) is 16.1. The smallest absolute Gasteiger partial charge is 0.0543 e. The minimum absolute atomic E-state index is 0.121. The molecule has 10 rings (SSSR count). The Balaban J connectivity index is 1.20. The molecule has 1 aliphatic heterocycles. The Kier molecular flexibility index (Phi) is 10.3. The van der Waals surface area contributed by atoms with Gasteiger partial charge in [0.25, 0.3) is 0 Å². The molecular formula is C61H56N2. The average Bonchev–Trinajstić information content (AvgIpc) is 3.70. The zero-order chi connectivity index (χ0) is 43.3. The summed E-state index contributed by atoms with van der Waals surface area (Å²) < 4.78 is 0. The summed E-state index contributed by atoms with van der Waals surface area (Å²) in [6.45, 7) is 11.8. The Morgan fingerprint density at radius 2 is 1.32 bits per heavy atom. The minimum atomic E-state index is -0.193. The van der Waals surface area contributed by atoms with E-state index in [1.165, 1.54) is 106 Å². The van der Waals surface area contributed by atoms with Crippen LogP contribution in [0.3, 0.4) is 0 Å². The fourth-order valence-corrected chi connectivity index (χ4v) is 10.7. The van der Waals surface area contributed by atoms with E-state index in [0.717, 1.165) is 19.3 Å². The number of anilines is 2. The highest BCUT2D eigenvalue weighted by Gasteiger charge is 2.47. The first-order valence-corrected chi connectivity index (χ1v) is 22.6. The Labute approximate surface area is 374 Å². The molecular weight excluding hydrogens is 761 g/mol. The van der Waals surface area contributed by atoms with Gasteiger partial charge < -0.3 is 10.2 Å². The van der Waals surface area contributed by atoms with Gasteiger partial charge in [-0.25, -0.2) is 0 Å². The van der Waals surface area contributed by atoms with Crippen molar-refractivity contribution in [1.29, 1.82) is 0 Å². The predicted octanol–water partition coefficient (Wildman–Crippen LogP) is 16.0. The lowest BCUT2D eigenvalue weighted by molar-refractivity contribution is 0.577. The van der Waals surface area contributed by atoms with Gasteiger partial charge in [-0.1, -0.05) is 165 Å². The van der Waals surface area contributed by atoms with E-state index in [2.05, 4.69) is 215 Å². The van der Waals surface area contributed by atoms with E-state index in [9.17, 15) is 0 Å². The molecule has 4 aliphatic rings. The molecule has 6 aromatic rings. The van der Waals surface area contributed by atoms with Gasteiger partial charge in [0.2, 0.25) is 0 Å². The molecule has 0 saturated heterocycles. The van der Waals surface area contributed by atoms with Gasteiger partial charge in [-0.05, 0) is 161 Å². The summed E-state index contributed by atoms with van der Waals surface area (Å²) in [5.74, 6) is 0. The van der Waals surface area contributed by atoms with Crippen LogP contribution in [0.5, 0.6) is 0 Å². The van der Waals surface area contributed by atoms with Gasteiger partial charge in [0.05, 0.1) is 11.4 Å². The molecule has 0 aromatic heterocycles. The Bertz CT molecular complexity index is 3030. The van der Waals surface area contributed by atoms with Crippen LogP contribution in [0.1, 0.15) is 80.3 Å². The number of nitrogens with one attached hydrogen (secondary N) is 1. The van der Waals surface area contributed by atoms with Crippen LogP contribution < -0.4 is 10.2 Å². The number of rotatable bonds is 9. The summed E-state index contributed by atoms with van der Waals surface area (Å²) in [6, 6.07) is 46.2. The lowest BCUT2D eigenvalue weighted by Crippen LogP contribution is -2.27. The lowest BCUT2D eigenvalue weighted by Gasteiger charge is -2.33. The molecule has 2 nitrogen and oxygen atoms in total. The van der Waals surface area contributed by atoms with Crippen molar-refractivity contribution in [2.24, 2.45) is 0 Å². The van der Waals surface area contributed by atoms with Crippen molar-refractivity contribution in [3.63, 3.8) is 0 Å². The predicted molar refractivity (Wildman–Crippen MR) is 270 cm³/mol. The molecule has 1 N–H and O–H groups in total. The highest BCUT2D eigenvalue weighted by atomic mass is 15.2. The van der Waals surface area contributed by atoms with E-state index >= 15 is 0 Å². The molecule has 0 fully saturated rings. The van der Waals surface area contributed by atoms with Crippen LogP contribution in [0.15, 0.2) is 193 Å². The van der Waals surface area contributed by atoms with Gasteiger partial charge >= 0.3 is 0 Å². The molecule has 0 spiro atoms. The average molecular weight is 817 g/mol. The second-order valence-electron chi connectivity index (χ2n) is 18.4. The SMILES string of the molecule is CN/C=C/C=C\C=C/c1ccccc1-c1ccccc1-c1ccc(-c2ccc(C)c(C3=C(C)CCC=C3)c2)c(N2C3=CC=CCC3(C)c3cc4c(cc32)C(C)(C)c2ccccc2-4)c1. The molecule has 1 heterocycles. The third kappa shape index (κ3) is 6.80. The maximum atomic E-state index is 3.05. The quantitative estimate of drug-likeness (QED) is 0.146. The van der Waals surface area contributed by atoms with E-state index in [4.69, 9.17) is 0 Å². The lowest BCUT2D eigenvalue weighted by atomic mass is 9.75. The van der Waals surface area contributed by atoms with Crippen LogP contribution in [0, 0.1) is 6.92 Å². The fourth-order valence-electron chi connectivity index (χ4n) is 10.7. The van der Waals surface area contributed by atoms with E-state index in [-0.39, 0.29) is 10.8 Å². The first-order chi connectivity index (χ1) is 30.7. The fraction of sp³-hybridized carbons (Fsp3) is 0.180. The normalized spacial score (nSPS) is 18.3. The number of allylic oxidation sites excluding steroid dienone is 12. The highest BCUT2D eigenvalue weighted by Crippen LogP contribution is 2.60. The van der Waals surface area contributed by atoms with Gasteiger partial charge in [-0.3, -0.25) is 0 Å². The molecule has 2 heteroatoms. The number of hydrogen-bond donors (Lipinski definition) is 1. The van der Waals surface area contributed by atoms with Crippen LogP contribution >= 0.6 is 0 Å². The van der Waals surface area contributed by atoms with Gasteiger partial charge in [-0.15, -0.1) is 0 Å². The summed E-state index contributed by atoms with van der Waals surface area (Å²) in [5.41, 5.74) is 24.4. The van der Waals surface area contributed by atoms with E-state index in [0.29, 0.717) is 0 Å². The maximum absolute atomic E-state index is 3.05. The Morgan fingerprint density at radius 3 is 2.14 bits per heavy atom. The minimum Gasteiger partial charge on any atom is -0.394 e. The number of aryl methyl sites for hydroxylation is 1. The maximum Gasteiger partial charge on any atom is 0.0543 e. The molecule has 310 valence electrons. The van der Waals surface area contributed by atoms with E-state index in [1.807, 2.05) is 25.4 Å². The Morgan fingerprint density at radius 1 is 0.587 bits per heavy atom. The standard InChI is InChI=1S/C61H56N2/c1-41-21-10-12-24-46(41)52-37-44(32-31-42(52)2)49-34-33-45(48-26-14-15-27-50(48)47-25-13-11-23-43(47)22-9-7-8-20-36-62-6)38-57(49)63-58-40-55-53(51-28-16-17-29-54(51)60(55,3)4)39-56(58)61(5)35-19-18-30-59(61)63/h7-9,11-20,22-34,36-40,62H,10,21,35H2,1-6H3/b8-7-,22-9-,36-20+. The van der Waals surface area contributed by atoms with Crippen LogP contribution in [-0.2, 0) is 10.8 Å². The number of benzene rings is 6. The highest BCUT2D eigenvalue weighted by molar-refractivity contribution is 5.97. The molecule has 0 amide bonds. The molecule has 0 bridgehead atoms. The zero-order valence-corrected chi connectivity index (χ0v) is 37.5. The van der Waals surface area contributed by atoms with Gasteiger partial charge in [0.1, 0.15) is 0 Å². The molecule has 6 aromatic carbocycles. The van der Waals surface area contributed by atoms with Gasteiger partial charge in [0, 0.05) is 29.1 Å². The molecule has 3 aliphatic carbocycles. The van der Waals surface area contributed by atoms with Crippen LogP contribution in [0.2, 0.25) is 0 Å². The van der Waals surface area contributed by atoms with Gasteiger partial charge in [0.15, 0.2) is 0 Å². The van der Waals surface area contributed by atoms with Crippen molar-refractivity contribution in [2.75, 3.05) is 11.9 Å². The number of nitrogens with zero attached hydrogens (tertiary/aromatic N) is 1. The van der Waals surface area contributed by atoms with Gasteiger partial charge in [-0.2, -0.15) is 0 Å². The Hall–Kier alpha value is -6.90. The summed E-state index contributed by atoms with van der Waals surface area (Å²) in [4.78, 5) is 2.63. The molecule has 1 atom stereocenters. The van der Waals surface area contributed by atoms with E-state index in [1.54, 1.807) is 0 Å². The molecule has 0 saturated carbocycles. The monoisotopic (exact) mass is 816 g/mol. The molecule has 1 unspecified atom stereocenters. The summed E-state index contributed by atoms with van der Waals surface area (Å²) >= 11 is 0. The van der Waals surface area contributed by atoms with Crippen molar-refractivity contribution >= 4 is 23.0 Å². The zero-order valence-electron chi connectivity index (χ0n) is 37.5. The van der Waals surface area contributed by atoms with Crippen molar-refractivity contribution in [3.8, 4) is 44.5 Å². The van der Waals surface area contributed by atoms with Crippen molar-refractivity contribution in [3.05, 3.63) is 227 Å². The summed E-state index contributed by atoms with van der Waals surface area (Å²) in [5, 5.41) is 3.05. The van der Waals surface area contributed by atoms with Crippen molar-refractivity contribution in [1.82, 2.24) is 5.32 Å². The van der Waals surface area contributed by atoms with E-state index < -0.39 is 0 Å². The van der Waals surface area contributed by atoms with Crippen LogP contribution in [0.4, 0.5) is 11.4 Å². The van der Waals surface area contributed by atoms with Crippen molar-refractivity contribution < 1.29 is 0 Å². The molecule has 63 heavy (non-hydrogen) atoms. The third-order valence-electron chi connectivity index (χ3n) is 14.1. The number of hydrogen-bond acceptors (Lipinski definition) is 2. The third-order valence-corrected chi connectivity index (χ3v) is 14.1. The van der Waals surface area contributed by atoms with Crippen LogP contribution in [-0.4, -0.2) is 7.05 Å². The van der Waals surface area contributed by atoms with Crippen LogP contribution in [0.25, 0.3) is 56.2 Å². The largest absolute Gasteiger partial charge is 0.394 e. The second-order valence-corrected chi connectivity index (χ2v) is 18.4. The first kappa shape index (κ1) is 40.2. The number of fused-ring (bicyclic) bond motifs is 6. The first-order valence-electron chi connectivity index (χ1n) is 22.6. The van der Waals surface area contributed by atoms with Crippen molar-refractivity contribution in [2.45, 2.75) is 64.7 Å². The molecule has 0 radical (unpaired) electrons. The summed E-state index contributed by atoms with van der Waals surface area (Å²) in [7, 11) is 1.91.